The second-order valence-corrected chi connectivity index (χ2v) is 4.22. The molecule has 1 aromatic rings. The summed E-state index contributed by atoms with van der Waals surface area (Å²) in [5.74, 6) is 1.34. The third-order valence-electron chi connectivity index (χ3n) is 2.93. The van der Waals surface area contributed by atoms with Gasteiger partial charge in [-0.15, -0.1) is 0 Å². The summed E-state index contributed by atoms with van der Waals surface area (Å²) in [5.41, 5.74) is 0.229. The van der Waals surface area contributed by atoms with E-state index in [-0.39, 0.29) is 13.2 Å². The third kappa shape index (κ3) is 3.38. The fraction of sp³-hybridized carbons (Fsp3) is 0.667. The predicted molar refractivity (Wildman–Crippen MR) is 67.0 cm³/mol. The van der Waals surface area contributed by atoms with E-state index in [1.54, 1.807) is 0 Å². The molecule has 0 saturated heterocycles. The third-order valence-corrected chi connectivity index (χ3v) is 2.93. The van der Waals surface area contributed by atoms with Gasteiger partial charge in [0.2, 0.25) is 0 Å². The van der Waals surface area contributed by atoms with E-state index in [9.17, 15) is 10.2 Å². The lowest BCUT2D eigenvalue weighted by molar-refractivity contribution is 0.132. The second-order valence-electron chi connectivity index (χ2n) is 4.22. The molecule has 17 heavy (non-hydrogen) atoms. The molecule has 0 aliphatic rings. The fourth-order valence-electron chi connectivity index (χ4n) is 1.59. The van der Waals surface area contributed by atoms with Crippen molar-refractivity contribution in [3.8, 4) is 0 Å². The summed E-state index contributed by atoms with van der Waals surface area (Å²) >= 11 is 0. The summed E-state index contributed by atoms with van der Waals surface area (Å²) in [5, 5.41) is 21.8. The quantitative estimate of drug-likeness (QED) is 0.687. The number of nitrogens with zero attached hydrogens (tertiary/aromatic N) is 2. The van der Waals surface area contributed by atoms with Crippen molar-refractivity contribution in [2.45, 2.75) is 39.2 Å². The summed E-state index contributed by atoms with van der Waals surface area (Å²) in [4.78, 5) is 8.55. The molecule has 0 saturated carbocycles. The first kappa shape index (κ1) is 13.9. The van der Waals surface area contributed by atoms with E-state index in [1.807, 2.05) is 26.8 Å². The molecule has 5 heteroatoms. The topological polar surface area (TPSA) is 78.3 Å². The minimum Gasteiger partial charge on any atom is -0.394 e. The molecular weight excluding hydrogens is 218 g/mol. The molecule has 0 aromatic carbocycles. The normalized spacial score (nSPS) is 11.6. The maximum atomic E-state index is 9.37. The fourth-order valence-corrected chi connectivity index (χ4v) is 1.59. The van der Waals surface area contributed by atoms with Crippen LogP contribution in [-0.2, 0) is 6.42 Å². The lowest BCUT2D eigenvalue weighted by atomic mass is 9.98. The number of aromatic nitrogens is 2. The minimum absolute atomic E-state index is 0.134. The summed E-state index contributed by atoms with van der Waals surface area (Å²) < 4.78 is 0. The molecule has 0 radical (unpaired) electrons. The standard InChI is InChI=1S/C12H21N3O2/c1-4-10-6-11(14-9(3)13-10)15-12(5-2,7-16)8-17/h6,16-17H,4-5,7-8H2,1-3H3,(H,13,14,15). The van der Waals surface area contributed by atoms with Crippen molar-refractivity contribution in [2.24, 2.45) is 0 Å². The van der Waals surface area contributed by atoms with Crippen molar-refractivity contribution in [1.29, 1.82) is 0 Å². The van der Waals surface area contributed by atoms with Crippen LogP contribution in [0.25, 0.3) is 0 Å². The van der Waals surface area contributed by atoms with Crippen LogP contribution >= 0.6 is 0 Å². The van der Waals surface area contributed by atoms with Gasteiger partial charge in [-0.05, 0) is 19.8 Å². The van der Waals surface area contributed by atoms with E-state index in [0.717, 1.165) is 12.1 Å². The molecule has 0 bridgehead atoms. The van der Waals surface area contributed by atoms with Crippen molar-refractivity contribution in [1.82, 2.24) is 9.97 Å². The Bertz CT molecular complexity index is 357. The lowest BCUT2D eigenvalue weighted by Crippen LogP contribution is -2.45. The van der Waals surface area contributed by atoms with Gasteiger partial charge in [0, 0.05) is 11.8 Å². The van der Waals surface area contributed by atoms with Crippen LogP contribution in [0, 0.1) is 6.92 Å². The summed E-state index contributed by atoms with van der Waals surface area (Å²) in [7, 11) is 0. The van der Waals surface area contributed by atoms with Gasteiger partial charge >= 0.3 is 0 Å². The van der Waals surface area contributed by atoms with Crippen LogP contribution in [-0.4, -0.2) is 38.9 Å². The monoisotopic (exact) mass is 239 g/mol. The molecule has 0 spiro atoms. The van der Waals surface area contributed by atoms with Crippen molar-refractivity contribution in [3.63, 3.8) is 0 Å². The van der Waals surface area contributed by atoms with Gasteiger partial charge in [0.25, 0.3) is 0 Å². The van der Waals surface area contributed by atoms with E-state index in [0.29, 0.717) is 18.1 Å². The van der Waals surface area contributed by atoms with E-state index in [1.165, 1.54) is 0 Å². The van der Waals surface area contributed by atoms with Crippen molar-refractivity contribution in [3.05, 3.63) is 17.6 Å². The Morgan fingerprint density at radius 3 is 2.35 bits per heavy atom. The highest BCUT2D eigenvalue weighted by Crippen LogP contribution is 2.17. The number of rotatable bonds is 6. The zero-order valence-corrected chi connectivity index (χ0v) is 10.7. The Morgan fingerprint density at radius 2 is 1.88 bits per heavy atom. The first-order valence-corrected chi connectivity index (χ1v) is 5.93. The highest BCUT2D eigenvalue weighted by molar-refractivity contribution is 5.39. The molecule has 5 nitrogen and oxygen atoms in total. The van der Waals surface area contributed by atoms with Gasteiger partial charge in [-0.25, -0.2) is 9.97 Å². The SMILES string of the molecule is CCc1cc(NC(CC)(CO)CO)nc(C)n1. The molecule has 1 heterocycles. The molecular formula is C12H21N3O2. The number of aliphatic hydroxyl groups excluding tert-OH is 2. The van der Waals surface area contributed by atoms with Gasteiger partial charge in [0.15, 0.2) is 0 Å². The van der Waals surface area contributed by atoms with Gasteiger partial charge in [-0.3, -0.25) is 0 Å². The van der Waals surface area contributed by atoms with Gasteiger partial charge < -0.3 is 15.5 Å². The van der Waals surface area contributed by atoms with Gasteiger partial charge in [0.1, 0.15) is 11.6 Å². The average molecular weight is 239 g/mol. The van der Waals surface area contributed by atoms with Crippen LogP contribution in [0.1, 0.15) is 31.8 Å². The number of hydrogen-bond acceptors (Lipinski definition) is 5. The Kier molecular flexibility index (Phi) is 4.84. The van der Waals surface area contributed by atoms with Crippen LogP contribution in [0.3, 0.4) is 0 Å². The molecule has 3 N–H and O–H groups in total. The summed E-state index contributed by atoms with van der Waals surface area (Å²) in [6.07, 6.45) is 1.44. The number of nitrogens with one attached hydrogen (secondary N) is 1. The maximum absolute atomic E-state index is 9.37. The molecule has 0 atom stereocenters. The molecule has 0 amide bonds. The Labute approximate surface area is 102 Å². The molecule has 96 valence electrons. The minimum atomic E-state index is -0.716. The van der Waals surface area contributed by atoms with E-state index in [2.05, 4.69) is 15.3 Å². The zero-order valence-electron chi connectivity index (χ0n) is 10.7. The summed E-state index contributed by atoms with van der Waals surface area (Å²) in [6, 6.07) is 1.85. The van der Waals surface area contributed by atoms with Crippen molar-refractivity contribution >= 4 is 5.82 Å². The number of aryl methyl sites for hydroxylation is 2. The van der Waals surface area contributed by atoms with E-state index < -0.39 is 5.54 Å². The van der Waals surface area contributed by atoms with Crippen LogP contribution in [0.5, 0.6) is 0 Å². The smallest absolute Gasteiger partial charge is 0.130 e. The molecule has 0 aliphatic carbocycles. The van der Waals surface area contributed by atoms with Crippen molar-refractivity contribution < 1.29 is 10.2 Å². The number of hydrogen-bond donors (Lipinski definition) is 3. The van der Waals surface area contributed by atoms with Crippen LogP contribution in [0.2, 0.25) is 0 Å². The van der Waals surface area contributed by atoms with Gasteiger partial charge in [-0.1, -0.05) is 13.8 Å². The Balaban J connectivity index is 2.96. The highest BCUT2D eigenvalue weighted by Gasteiger charge is 2.26. The largest absolute Gasteiger partial charge is 0.394 e. The molecule has 1 rings (SSSR count). The first-order valence-electron chi connectivity index (χ1n) is 5.93. The van der Waals surface area contributed by atoms with Gasteiger partial charge in [-0.2, -0.15) is 0 Å². The molecule has 0 aliphatic heterocycles. The second kappa shape index (κ2) is 5.93. The first-order chi connectivity index (χ1) is 8.09. The predicted octanol–water partition coefficient (Wildman–Crippen LogP) is 0.893. The van der Waals surface area contributed by atoms with Crippen molar-refractivity contribution in [2.75, 3.05) is 18.5 Å². The lowest BCUT2D eigenvalue weighted by Gasteiger charge is -2.30. The Hall–Kier alpha value is -1.20. The maximum Gasteiger partial charge on any atom is 0.130 e. The molecule has 1 aromatic heterocycles. The molecule has 0 fully saturated rings. The average Bonchev–Trinajstić information content (AvgIpc) is 2.35. The highest BCUT2D eigenvalue weighted by atomic mass is 16.3. The van der Waals surface area contributed by atoms with Crippen LogP contribution in [0.15, 0.2) is 6.07 Å². The van der Waals surface area contributed by atoms with Crippen LogP contribution in [0.4, 0.5) is 5.82 Å². The van der Waals surface area contributed by atoms with Gasteiger partial charge in [0.05, 0.1) is 18.8 Å². The van der Waals surface area contributed by atoms with E-state index in [4.69, 9.17) is 0 Å². The van der Waals surface area contributed by atoms with Crippen LogP contribution < -0.4 is 5.32 Å². The molecule has 0 unspecified atom stereocenters. The van der Waals surface area contributed by atoms with E-state index >= 15 is 0 Å². The number of aliphatic hydroxyl groups is 2. The Morgan fingerprint density at radius 1 is 1.24 bits per heavy atom. The summed E-state index contributed by atoms with van der Waals surface area (Å²) in [6.45, 7) is 5.50. The number of anilines is 1. The zero-order chi connectivity index (χ0) is 12.9.